The third-order valence-corrected chi connectivity index (χ3v) is 5.41. The van der Waals surface area contributed by atoms with Crippen LogP contribution in [0.2, 0.25) is 0 Å². The Labute approximate surface area is 182 Å². The quantitative estimate of drug-likeness (QED) is 0.627. The summed E-state index contributed by atoms with van der Waals surface area (Å²) in [5.74, 6) is -4.24. The summed E-state index contributed by atoms with van der Waals surface area (Å²) < 4.78 is 90.1. The second-order valence-corrected chi connectivity index (χ2v) is 8.02. The number of hydrazine groups is 1. The highest BCUT2D eigenvalue weighted by atomic mass is 19.4. The molecule has 1 aromatic carbocycles. The number of nitrogens with zero attached hydrogens (tertiary/aromatic N) is 2. The molecule has 0 saturated carbocycles. The Morgan fingerprint density at radius 3 is 2.42 bits per heavy atom. The predicted octanol–water partition coefficient (Wildman–Crippen LogP) is 1.73. The summed E-state index contributed by atoms with van der Waals surface area (Å²) in [6.07, 6.45) is -11.4. The standard InChI is InChI=1S/C18H18F6N4O5/c1-8-14(29)26-28(33-15(30)18(22,23)24)13-5-31-12-3-9(17(19,20)21)11(4-10(12)27(8)13)32-16(2)6-25-7-16/h3-4,8,13,25H,5-7H2,1-2H3,(H,26,29). The van der Waals surface area contributed by atoms with E-state index in [0.717, 1.165) is 6.07 Å². The molecule has 182 valence electrons. The van der Waals surface area contributed by atoms with Gasteiger partial charge in [0, 0.05) is 19.2 Å². The van der Waals surface area contributed by atoms with Gasteiger partial charge in [-0.2, -0.15) is 26.3 Å². The molecule has 0 spiro atoms. The molecule has 2 saturated heterocycles. The number of nitrogens with one attached hydrogen (secondary N) is 2. The topological polar surface area (TPSA) is 92.4 Å². The van der Waals surface area contributed by atoms with Crippen LogP contribution in [0.15, 0.2) is 12.1 Å². The van der Waals surface area contributed by atoms with Gasteiger partial charge in [-0.1, -0.05) is 0 Å². The number of carbonyl (C=O) groups excluding carboxylic acids is 2. The normalized spacial score (nSPS) is 24.6. The van der Waals surface area contributed by atoms with Crippen LogP contribution in [-0.4, -0.2) is 60.7 Å². The fourth-order valence-electron chi connectivity index (χ4n) is 3.67. The van der Waals surface area contributed by atoms with Gasteiger partial charge in [0.25, 0.3) is 5.91 Å². The molecule has 33 heavy (non-hydrogen) atoms. The van der Waals surface area contributed by atoms with E-state index in [9.17, 15) is 35.9 Å². The highest BCUT2D eigenvalue weighted by molar-refractivity contribution is 5.87. The SMILES string of the molecule is CC1C(=O)NN(OC(=O)C(F)(F)F)C2COc3cc(C(F)(F)F)c(OC4(C)CNC4)cc3N12. The fourth-order valence-corrected chi connectivity index (χ4v) is 3.67. The van der Waals surface area contributed by atoms with Crippen LogP contribution in [0.25, 0.3) is 0 Å². The Kier molecular flexibility index (Phi) is 5.31. The van der Waals surface area contributed by atoms with Crippen molar-refractivity contribution in [1.29, 1.82) is 0 Å². The molecule has 0 bridgehead atoms. The first-order valence-electron chi connectivity index (χ1n) is 9.64. The highest BCUT2D eigenvalue weighted by Gasteiger charge is 2.50. The minimum Gasteiger partial charge on any atom is -0.488 e. The van der Waals surface area contributed by atoms with Crippen LogP contribution >= 0.6 is 0 Å². The highest BCUT2D eigenvalue weighted by Crippen LogP contribution is 2.47. The largest absolute Gasteiger partial charge is 0.492 e. The fraction of sp³-hybridized carbons (Fsp3) is 0.556. The van der Waals surface area contributed by atoms with Crippen LogP contribution in [0.5, 0.6) is 11.5 Å². The van der Waals surface area contributed by atoms with Crippen molar-refractivity contribution in [2.75, 3.05) is 24.6 Å². The summed E-state index contributed by atoms with van der Waals surface area (Å²) in [7, 11) is 0. The number of hydroxylamine groups is 1. The number of ether oxygens (including phenoxy) is 2. The van der Waals surface area contributed by atoms with Gasteiger partial charge in [-0.15, -0.1) is 0 Å². The number of anilines is 1. The van der Waals surface area contributed by atoms with E-state index in [1.165, 1.54) is 11.8 Å². The first kappa shape index (κ1) is 23.2. The second kappa shape index (κ2) is 7.55. The van der Waals surface area contributed by atoms with E-state index in [0.29, 0.717) is 19.2 Å². The van der Waals surface area contributed by atoms with E-state index >= 15 is 0 Å². The molecular formula is C18H18F6N4O5. The van der Waals surface area contributed by atoms with E-state index in [2.05, 4.69) is 10.2 Å². The number of benzene rings is 1. The number of halogens is 6. The molecule has 0 aromatic heterocycles. The van der Waals surface area contributed by atoms with Crippen molar-refractivity contribution < 1.29 is 50.2 Å². The third kappa shape index (κ3) is 4.21. The molecule has 9 nitrogen and oxygen atoms in total. The average molecular weight is 484 g/mol. The third-order valence-electron chi connectivity index (χ3n) is 5.41. The number of carbonyl (C=O) groups is 2. The zero-order valence-corrected chi connectivity index (χ0v) is 17.1. The number of hydrogen-bond acceptors (Lipinski definition) is 8. The van der Waals surface area contributed by atoms with Gasteiger partial charge in [0.05, 0.1) is 5.69 Å². The zero-order chi connectivity index (χ0) is 24.3. The maximum Gasteiger partial charge on any atom is 0.492 e. The molecule has 3 heterocycles. The lowest BCUT2D eigenvalue weighted by Crippen LogP contribution is -2.70. The lowest BCUT2D eigenvalue weighted by atomic mass is 9.99. The van der Waals surface area contributed by atoms with Gasteiger partial charge >= 0.3 is 18.3 Å². The van der Waals surface area contributed by atoms with E-state index in [1.807, 2.05) is 5.43 Å². The van der Waals surface area contributed by atoms with Crippen molar-refractivity contribution in [3.8, 4) is 11.5 Å². The van der Waals surface area contributed by atoms with Gasteiger partial charge in [-0.05, 0) is 25.1 Å². The van der Waals surface area contributed by atoms with E-state index < -0.39 is 60.0 Å². The van der Waals surface area contributed by atoms with Crippen LogP contribution in [0.3, 0.4) is 0 Å². The first-order chi connectivity index (χ1) is 15.2. The van der Waals surface area contributed by atoms with Crippen LogP contribution in [0.1, 0.15) is 19.4 Å². The predicted molar refractivity (Wildman–Crippen MR) is 96.7 cm³/mol. The molecule has 2 fully saturated rings. The first-order valence-corrected chi connectivity index (χ1v) is 9.64. The van der Waals surface area contributed by atoms with Crippen LogP contribution < -0.4 is 25.1 Å². The number of alkyl halides is 6. The zero-order valence-electron chi connectivity index (χ0n) is 17.1. The number of amides is 1. The second-order valence-electron chi connectivity index (χ2n) is 8.02. The van der Waals surface area contributed by atoms with Gasteiger partial charge in [0.15, 0.2) is 6.17 Å². The molecule has 1 amide bonds. The maximum absolute atomic E-state index is 13.7. The summed E-state index contributed by atoms with van der Waals surface area (Å²) >= 11 is 0. The smallest absolute Gasteiger partial charge is 0.488 e. The molecule has 2 unspecified atom stereocenters. The summed E-state index contributed by atoms with van der Waals surface area (Å²) in [6, 6.07) is 0.679. The number of rotatable bonds is 3. The van der Waals surface area contributed by atoms with Crippen molar-refractivity contribution in [3.63, 3.8) is 0 Å². The van der Waals surface area contributed by atoms with Gasteiger partial charge in [-0.3, -0.25) is 10.2 Å². The Bertz CT molecular complexity index is 980. The number of hydrogen-bond donors (Lipinski definition) is 2. The minimum absolute atomic E-state index is 0.0412. The van der Waals surface area contributed by atoms with E-state index in [4.69, 9.17) is 9.47 Å². The van der Waals surface area contributed by atoms with Gasteiger partial charge in [0.1, 0.15) is 35.3 Å². The van der Waals surface area contributed by atoms with Gasteiger partial charge in [-0.25, -0.2) is 4.79 Å². The minimum atomic E-state index is -5.35. The van der Waals surface area contributed by atoms with E-state index in [1.54, 1.807) is 6.92 Å². The Morgan fingerprint density at radius 2 is 1.88 bits per heavy atom. The lowest BCUT2D eigenvalue weighted by molar-refractivity contribution is -0.265. The van der Waals surface area contributed by atoms with Crippen molar-refractivity contribution in [1.82, 2.24) is 15.9 Å². The molecule has 1 aromatic rings. The molecular weight excluding hydrogens is 466 g/mol. The molecule has 3 aliphatic heterocycles. The van der Waals surface area contributed by atoms with Crippen LogP contribution in [-0.2, 0) is 20.6 Å². The molecule has 0 aliphatic carbocycles. The van der Waals surface area contributed by atoms with Crippen molar-refractivity contribution >= 4 is 17.6 Å². The van der Waals surface area contributed by atoms with Crippen LogP contribution in [0, 0.1) is 0 Å². The molecule has 0 radical (unpaired) electrons. The molecule has 4 rings (SSSR count). The maximum atomic E-state index is 13.7. The average Bonchev–Trinajstić information content (AvgIpc) is 2.67. The van der Waals surface area contributed by atoms with E-state index in [-0.39, 0.29) is 16.6 Å². The Morgan fingerprint density at radius 1 is 1.21 bits per heavy atom. The van der Waals surface area contributed by atoms with Crippen molar-refractivity contribution in [3.05, 3.63) is 17.7 Å². The molecule has 2 N–H and O–H groups in total. The lowest BCUT2D eigenvalue weighted by Gasteiger charge is -2.48. The Balaban J connectivity index is 1.74. The van der Waals surface area contributed by atoms with Gasteiger partial charge < -0.3 is 24.5 Å². The Hall–Kier alpha value is -2.94. The van der Waals surface area contributed by atoms with Crippen molar-refractivity contribution in [2.24, 2.45) is 0 Å². The van der Waals surface area contributed by atoms with Crippen molar-refractivity contribution in [2.45, 2.75) is 44.0 Å². The molecule has 3 aliphatic rings. The summed E-state index contributed by atoms with van der Waals surface area (Å²) in [4.78, 5) is 29.1. The summed E-state index contributed by atoms with van der Waals surface area (Å²) in [6.45, 7) is 3.07. The summed E-state index contributed by atoms with van der Waals surface area (Å²) in [5, 5.41) is 3.17. The summed E-state index contributed by atoms with van der Waals surface area (Å²) in [5.41, 5.74) is -0.0484. The van der Waals surface area contributed by atoms with Crippen LogP contribution in [0.4, 0.5) is 32.0 Å². The van der Waals surface area contributed by atoms with Gasteiger partial charge in [0.2, 0.25) is 0 Å². The monoisotopic (exact) mass is 484 g/mol. The number of fused-ring (bicyclic) bond motifs is 3. The molecule has 2 atom stereocenters. The molecule has 15 heteroatoms.